The minimum atomic E-state index is -0.723. The van der Waals surface area contributed by atoms with Crippen molar-refractivity contribution in [1.29, 1.82) is 0 Å². The third-order valence-corrected chi connectivity index (χ3v) is 6.00. The van der Waals surface area contributed by atoms with E-state index in [1.165, 1.54) is 36.8 Å². The summed E-state index contributed by atoms with van der Waals surface area (Å²) in [6, 6.07) is 9.05. The molecule has 4 rings (SSSR count). The predicted octanol–water partition coefficient (Wildman–Crippen LogP) is 1.57. The molecule has 2 fully saturated rings. The first-order chi connectivity index (χ1) is 11.2. The van der Waals surface area contributed by atoms with Crippen LogP contribution in [0.4, 0.5) is 0 Å². The van der Waals surface area contributed by atoms with Crippen LogP contribution in [0.5, 0.6) is 0 Å². The van der Waals surface area contributed by atoms with Gasteiger partial charge in [0.15, 0.2) is 0 Å². The first-order valence-electron chi connectivity index (χ1n) is 9.05. The Morgan fingerprint density at radius 1 is 1.00 bits per heavy atom. The highest BCUT2D eigenvalue weighted by Gasteiger charge is 2.43. The fraction of sp³-hybridized carbons (Fsp3) is 0.632. The number of hydrogen-bond donors (Lipinski definition) is 1. The molecule has 124 valence electrons. The smallest absolute Gasteiger partial charge is 0.243 e. The fourth-order valence-electron chi connectivity index (χ4n) is 4.67. The summed E-state index contributed by atoms with van der Waals surface area (Å²) in [6.07, 6.45) is 6.78. The van der Waals surface area contributed by atoms with Crippen LogP contribution >= 0.6 is 0 Å². The topological polar surface area (TPSA) is 49.6 Å². The molecule has 0 aromatic heterocycles. The molecule has 0 unspecified atom stereocenters. The van der Waals surface area contributed by atoms with Crippen molar-refractivity contribution in [2.24, 2.45) is 5.73 Å². The number of fused-ring (bicyclic) bond motifs is 1. The minimum absolute atomic E-state index is 0.153. The Kier molecular flexibility index (Phi) is 3.90. The lowest BCUT2D eigenvalue weighted by atomic mass is 9.94. The van der Waals surface area contributed by atoms with Gasteiger partial charge in [-0.05, 0) is 36.8 Å². The Morgan fingerprint density at radius 2 is 1.57 bits per heavy atom. The monoisotopic (exact) mass is 313 g/mol. The molecule has 0 atom stereocenters. The third-order valence-electron chi connectivity index (χ3n) is 6.00. The van der Waals surface area contributed by atoms with Crippen molar-refractivity contribution in [3.05, 3.63) is 35.4 Å². The number of amides is 1. The van der Waals surface area contributed by atoms with Gasteiger partial charge in [0.25, 0.3) is 0 Å². The number of carbonyl (C=O) groups is 1. The van der Waals surface area contributed by atoms with Gasteiger partial charge in [0, 0.05) is 32.2 Å². The normalized spacial score (nSPS) is 24.8. The molecule has 23 heavy (non-hydrogen) atoms. The van der Waals surface area contributed by atoms with Crippen LogP contribution in [0.1, 0.15) is 36.8 Å². The molecule has 2 N–H and O–H groups in total. The van der Waals surface area contributed by atoms with Crippen molar-refractivity contribution >= 4 is 5.91 Å². The fourth-order valence-corrected chi connectivity index (χ4v) is 4.67. The zero-order valence-electron chi connectivity index (χ0n) is 13.8. The standard InChI is InChI=1S/C19H27N3O/c20-19(13-15-5-1-2-6-16(15)14-19)18(23)22-11-9-21(10-12-22)17-7-3-4-8-17/h1-2,5-6,17H,3-4,7-14,20H2. The molecule has 1 saturated heterocycles. The Balaban J connectivity index is 1.39. The van der Waals surface area contributed by atoms with Gasteiger partial charge < -0.3 is 10.6 Å². The van der Waals surface area contributed by atoms with Crippen LogP contribution in [-0.4, -0.2) is 53.5 Å². The van der Waals surface area contributed by atoms with E-state index in [0.29, 0.717) is 12.8 Å². The third kappa shape index (κ3) is 2.79. The highest BCUT2D eigenvalue weighted by atomic mass is 16.2. The summed E-state index contributed by atoms with van der Waals surface area (Å²) in [5, 5.41) is 0. The van der Waals surface area contributed by atoms with E-state index in [-0.39, 0.29) is 5.91 Å². The Hall–Kier alpha value is -1.39. The molecule has 0 bridgehead atoms. The number of benzene rings is 1. The summed E-state index contributed by atoms with van der Waals surface area (Å²) in [7, 11) is 0. The second-order valence-corrected chi connectivity index (χ2v) is 7.54. The molecule has 1 amide bonds. The van der Waals surface area contributed by atoms with Gasteiger partial charge in [-0.15, -0.1) is 0 Å². The number of carbonyl (C=O) groups excluding carboxylic acids is 1. The molecule has 1 aliphatic heterocycles. The van der Waals surface area contributed by atoms with Gasteiger partial charge in [-0.1, -0.05) is 37.1 Å². The summed E-state index contributed by atoms with van der Waals surface area (Å²) >= 11 is 0. The van der Waals surface area contributed by atoms with Gasteiger partial charge in [0.1, 0.15) is 5.54 Å². The average Bonchev–Trinajstić information content (AvgIpc) is 3.21. The van der Waals surface area contributed by atoms with Gasteiger partial charge in [0.2, 0.25) is 5.91 Å². The maximum atomic E-state index is 13.0. The van der Waals surface area contributed by atoms with Crippen molar-refractivity contribution in [3.8, 4) is 0 Å². The summed E-state index contributed by atoms with van der Waals surface area (Å²) in [5.41, 5.74) is 8.30. The zero-order chi connectivity index (χ0) is 15.9. The van der Waals surface area contributed by atoms with E-state index in [2.05, 4.69) is 17.0 Å². The Labute approximate surface area is 138 Å². The van der Waals surface area contributed by atoms with Crippen molar-refractivity contribution in [2.45, 2.75) is 50.1 Å². The number of nitrogens with two attached hydrogens (primary N) is 1. The van der Waals surface area contributed by atoms with E-state index in [0.717, 1.165) is 32.2 Å². The van der Waals surface area contributed by atoms with Crippen LogP contribution in [0, 0.1) is 0 Å². The largest absolute Gasteiger partial charge is 0.339 e. The number of hydrogen-bond acceptors (Lipinski definition) is 3. The lowest BCUT2D eigenvalue weighted by Crippen LogP contribution is -2.60. The van der Waals surface area contributed by atoms with Crippen molar-refractivity contribution < 1.29 is 4.79 Å². The van der Waals surface area contributed by atoms with Gasteiger partial charge in [-0.3, -0.25) is 9.69 Å². The summed E-state index contributed by atoms with van der Waals surface area (Å²) in [6.45, 7) is 3.70. The second kappa shape index (κ2) is 5.91. The van der Waals surface area contributed by atoms with Crippen LogP contribution in [0.15, 0.2) is 24.3 Å². The lowest BCUT2D eigenvalue weighted by molar-refractivity contribution is -0.138. The quantitative estimate of drug-likeness (QED) is 0.902. The van der Waals surface area contributed by atoms with Crippen molar-refractivity contribution in [3.63, 3.8) is 0 Å². The first-order valence-corrected chi connectivity index (χ1v) is 9.05. The summed E-state index contributed by atoms with van der Waals surface area (Å²) < 4.78 is 0. The molecule has 0 radical (unpaired) electrons. The Bertz CT molecular complexity index is 561. The SMILES string of the molecule is NC1(C(=O)N2CCN(C3CCCC3)CC2)Cc2ccccc2C1. The van der Waals surface area contributed by atoms with Crippen LogP contribution in [0.2, 0.25) is 0 Å². The number of nitrogens with zero attached hydrogens (tertiary/aromatic N) is 2. The molecule has 1 aromatic carbocycles. The minimum Gasteiger partial charge on any atom is -0.339 e. The van der Waals surface area contributed by atoms with E-state index in [4.69, 9.17) is 5.73 Å². The number of rotatable bonds is 2. The van der Waals surface area contributed by atoms with Crippen LogP contribution in [0.3, 0.4) is 0 Å². The molecule has 0 spiro atoms. The van der Waals surface area contributed by atoms with Gasteiger partial charge in [-0.2, -0.15) is 0 Å². The van der Waals surface area contributed by atoms with Crippen LogP contribution in [-0.2, 0) is 17.6 Å². The average molecular weight is 313 g/mol. The molecule has 1 saturated carbocycles. The summed E-state index contributed by atoms with van der Waals surface area (Å²) in [5.74, 6) is 0.153. The zero-order valence-corrected chi connectivity index (χ0v) is 13.8. The van der Waals surface area contributed by atoms with Crippen molar-refractivity contribution in [2.75, 3.05) is 26.2 Å². The summed E-state index contributed by atoms with van der Waals surface area (Å²) in [4.78, 5) is 17.6. The van der Waals surface area contributed by atoms with Crippen molar-refractivity contribution in [1.82, 2.24) is 9.80 Å². The van der Waals surface area contributed by atoms with Gasteiger partial charge >= 0.3 is 0 Å². The van der Waals surface area contributed by atoms with Gasteiger partial charge in [-0.25, -0.2) is 0 Å². The van der Waals surface area contributed by atoms with E-state index < -0.39 is 5.54 Å². The molecule has 4 nitrogen and oxygen atoms in total. The number of piperazine rings is 1. The molecular formula is C19H27N3O. The first kappa shape index (κ1) is 15.2. The highest BCUT2D eigenvalue weighted by Crippen LogP contribution is 2.30. The molecule has 1 heterocycles. The van der Waals surface area contributed by atoms with Crippen LogP contribution in [0.25, 0.3) is 0 Å². The van der Waals surface area contributed by atoms with Gasteiger partial charge in [0.05, 0.1) is 0 Å². The van der Waals surface area contributed by atoms with E-state index in [1.54, 1.807) is 0 Å². The van der Waals surface area contributed by atoms with Crippen LogP contribution < -0.4 is 5.73 Å². The molecule has 3 aliphatic rings. The second-order valence-electron chi connectivity index (χ2n) is 7.54. The van der Waals surface area contributed by atoms with E-state index in [9.17, 15) is 4.79 Å². The predicted molar refractivity (Wildman–Crippen MR) is 91.2 cm³/mol. The van der Waals surface area contributed by atoms with E-state index >= 15 is 0 Å². The maximum Gasteiger partial charge on any atom is 0.243 e. The maximum absolute atomic E-state index is 13.0. The Morgan fingerprint density at radius 3 is 2.13 bits per heavy atom. The van der Waals surface area contributed by atoms with E-state index in [1.807, 2.05) is 17.0 Å². The molecule has 1 aromatic rings. The molecule has 2 aliphatic carbocycles. The highest BCUT2D eigenvalue weighted by molar-refractivity contribution is 5.88. The molecular weight excluding hydrogens is 286 g/mol. The molecule has 4 heteroatoms. The lowest BCUT2D eigenvalue weighted by Gasteiger charge is -2.40.